The highest BCUT2D eigenvalue weighted by Gasteiger charge is 2.19. The maximum atomic E-state index is 12.6. The SMILES string of the molecule is Cc1ccc(S(=O)(=O)Nc2ccc(C(=O)NCCCN3CCCC3=O)cc2)cc1C. The minimum atomic E-state index is -3.70. The van der Waals surface area contributed by atoms with Crippen LogP contribution in [0.15, 0.2) is 47.4 Å². The van der Waals surface area contributed by atoms with E-state index in [0.29, 0.717) is 37.2 Å². The molecule has 0 atom stereocenters. The highest BCUT2D eigenvalue weighted by Crippen LogP contribution is 2.19. The van der Waals surface area contributed by atoms with Gasteiger partial charge in [-0.2, -0.15) is 0 Å². The van der Waals surface area contributed by atoms with Crippen LogP contribution in [-0.2, 0) is 14.8 Å². The molecule has 0 unspecified atom stereocenters. The monoisotopic (exact) mass is 429 g/mol. The Morgan fingerprint density at radius 3 is 2.43 bits per heavy atom. The molecule has 1 aliphatic rings. The van der Waals surface area contributed by atoms with Crippen molar-refractivity contribution >= 4 is 27.5 Å². The van der Waals surface area contributed by atoms with E-state index in [9.17, 15) is 18.0 Å². The molecule has 0 aliphatic carbocycles. The van der Waals surface area contributed by atoms with E-state index in [4.69, 9.17) is 0 Å². The normalized spacial score (nSPS) is 14.1. The van der Waals surface area contributed by atoms with E-state index in [1.807, 2.05) is 18.7 Å². The zero-order valence-corrected chi connectivity index (χ0v) is 18.1. The molecule has 160 valence electrons. The molecule has 2 N–H and O–H groups in total. The number of carbonyl (C=O) groups is 2. The van der Waals surface area contributed by atoms with Crippen LogP contribution in [0.4, 0.5) is 5.69 Å². The number of rotatable bonds is 8. The van der Waals surface area contributed by atoms with Gasteiger partial charge in [0.1, 0.15) is 0 Å². The van der Waals surface area contributed by atoms with Crippen molar-refractivity contribution in [3.8, 4) is 0 Å². The summed E-state index contributed by atoms with van der Waals surface area (Å²) in [5.41, 5.74) is 2.76. The third kappa shape index (κ3) is 5.38. The van der Waals surface area contributed by atoms with Crippen molar-refractivity contribution in [1.29, 1.82) is 0 Å². The summed E-state index contributed by atoms with van der Waals surface area (Å²) in [7, 11) is -3.70. The minimum absolute atomic E-state index is 0.181. The van der Waals surface area contributed by atoms with Crippen LogP contribution in [0, 0.1) is 13.8 Å². The lowest BCUT2D eigenvalue weighted by molar-refractivity contribution is -0.127. The average Bonchev–Trinajstić information content (AvgIpc) is 3.12. The molecule has 3 rings (SSSR count). The first-order chi connectivity index (χ1) is 14.3. The summed E-state index contributed by atoms with van der Waals surface area (Å²) in [5.74, 6) is -0.0496. The van der Waals surface area contributed by atoms with Gasteiger partial charge in [0.2, 0.25) is 5.91 Å². The number of nitrogens with zero attached hydrogens (tertiary/aromatic N) is 1. The minimum Gasteiger partial charge on any atom is -0.352 e. The zero-order valence-electron chi connectivity index (χ0n) is 17.3. The van der Waals surface area contributed by atoms with Crippen molar-refractivity contribution < 1.29 is 18.0 Å². The van der Waals surface area contributed by atoms with Gasteiger partial charge in [-0.1, -0.05) is 6.07 Å². The van der Waals surface area contributed by atoms with Crippen molar-refractivity contribution in [3.63, 3.8) is 0 Å². The number of amides is 2. The van der Waals surface area contributed by atoms with Crippen LogP contribution in [0.3, 0.4) is 0 Å². The van der Waals surface area contributed by atoms with Gasteiger partial charge in [-0.15, -0.1) is 0 Å². The molecule has 2 aromatic carbocycles. The number of carbonyl (C=O) groups excluding carboxylic acids is 2. The molecular weight excluding hydrogens is 402 g/mol. The summed E-state index contributed by atoms with van der Waals surface area (Å²) in [5, 5.41) is 2.83. The molecule has 0 saturated carbocycles. The van der Waals surface area contributed by atoms with E-state index < -0.39 is 10.0 Å². The third-order valence-electron chi connectivity index (χ3n) is 5.25. The van der Waals surface area contributed by atoms with Crippen molar-refractivity contribution in [1.82, 2.24) is 10.2 Å². The first-order valence-corrected chi connectivity index (χ1v) is 11.5. The quantitative estimate of drug-likeness (QED) is 0.631. The molecule has 30 heavy (non-hydrogen) atoms. The molecule has 1 saturated heterocycles. The van der Waals surface area contributed by atoms with Gasteiger partial charge in [0, 0.05) is 37.3 Å². The zero-order chi connectivity index (χ0) is 21.7. The smallest absolute Gasteiger partial charge is 0.261 e. The molecule has 7 nitrogen and oxygen atoms in total. The molecule has 0 radical (unpaired) electrons. The molecule has 1 heterocycles. The summed E-state index contributed by atoms with van der Waals surface area (Å²) in [4.78, 5) is 25.8. The molecule has 8 heteroatoms. The van der Waals surface area contributed by atoms with Crippen LogP contribution >= 0.6 is 0 Å². The van der Waals surface area contributed by atoms with Crippen molar-refractivity contribution in [2.24, 2.45) is 0 Å². The average molecular weight is 430 g/mol. The number of likely N-dealkylation sites (tertiary alicyclic amines) is 1. The van der Waals surface area contributed by atoms with Crippen LogP contribution < -0.4 is 10.0 Å². The molecular formula is C22H27N3O4S. The summed E-state index contributed by atoms with van der Waals surface area (Å²) in [6.07, 6.45) is 2.22. The Bertz CT molecular complexity index is 1030. The number of aryl methyl sites for hydroxylation is 2. The third-order valence-corrected chi connectivity index (χ3v) is 6.63. The Kier molecular flexibility index (Phi) is 6.77. The van der Waals surface area contributed by atoms with Gasteiger partial charge in [0.05, 0.1) is 4.90 Å². The van der Waals surface area contributed by atoms with Crippen molar-refractivity contribution in [2.45, 2.75) is 38.0 Å². The van der Waals surface area contributed by atoms with Gasteiger partial charge in [-0.05, 0) is 74.2 Å². The standard InChI is InChI=1S/C22H27N3O4S/c1-16-6-11-20(15-17(16)2)30(28,29)24-19-9-7-18(8-10-19)22(27)23-12-4-14-25-13-3-5-21(25)26/h6-11,15,24H,3-5,12-14H2,1-2H3,(H,23,27). The fourth-order valence-corrected chi connectivity index (χ4v) is 4.44. The van der Waals surface area contributed by atoms with Crippen LogP contribution in [0.25, 0.3) is 0 Å². The predicted octanol–water partition coefficient (Wildman–Crippen LogP) is 2.85. The van der Waals surface area contributed by atoms with Crippen LogP contribution in [0.1, 0.15) is 40.7 Å². The molecule has 0 spiro atoms. The second kappa shape index (κ2) is 9.30. The lowest BCUT2D eigenvalue weighted by Gasteiger charge is -2.15. The van der Waals surface area contributed by atoms with Gasteiger partial charge < -0.3 is 10.2 Å². The largest absolute Gasteiger partial charge is 0.352 e. The summed E-state index contributed by atoms with van der Waals surface area (Å²) < 4.78 is 27.7. The van der Waals surface area contributed by atoms with E-state index in [0.717, 1.165) is 24.1 Å². The van der Waals surface area contributed by atoms with Crippen LogP contribution in [-0.4, -0.2) is 44.8 Å². The van der Waals surface area contributed by atoms with E-state index in [-0.39, 0.29) is 16.7 Å². The number of hydrogen-bond donors (Lipinski definition) is 2. The van der Waals surface area contributed by atoms with Gasteiger partial charge in [0.25, 0.3) is 15.9 Å². The molecule has 2 amide bonds. The maximum Gasteiger partial charge on any atom is 0.261 e. The summed E-state index contributed by atoms with van der Waals surface area (Å²) in [6, 6.07) is 11.3. The Morgan fingerprint density at radius 2 is 1.80 bits per heavy atom. The van der Waals surface area contributed by atoms with Gasteiger partial charge in [-0.3, -0.25) is 14.3 Å². The molecule has 0 bridgehead atoms. The molecule has 1 aliphatic heterocycles. The second-order valence-electron chi connectivity index (χ2n) is 7.52. The Hall–Kier alpha value is -2.87. The first-order valence-electron chi connectivity index (χ1n) is 10.0. The topological polar surface area (TPSA) is 95.6 Å². The van der Waals surface area contributed by atoms with Crippen molar-refractivity contribution in [3.05, 3.63) is 59.2 Å². The van der Waals surface area contributed by atoms with Crippen LogP contribution in [0.2, 0.25) is 0 Å². The first kappa shape index (κ1) is 21.8. The predicted molar refractivity (Wildman–Crippen MR) is 116 cm³/mol. The van der Waals surface area contributed by atoms with Crippen LogP contribution in [0.5, 0.6) is 0 Å². The lowest BCUT2D eigenvalue weighted by atomic mass is 10.1. The van der Waals surface area contributed by atoms with E-state index in [1.165, 1.54) is 0 Å². The number of anilines is 1. The Morgan fingerprint density at radius 1 is 1.07 bits per heavy atom. The highest BCUT2D eigenvalue weighted by atomic mass is 32.2. The Balaban J connectivity index is 1.53. The van der Waals surface area contributed by atoms with E-state index >= 15 is 0 Å². The number of sulfonamides is 1. The molecule has 0 aromatic heterocycles. The van der Waals surface area contributed by atoms with Gasteiger partial charge >= 0.3 is 0 Å². The number of benzene rings is 2. The van der Waals surface area contributed by atoms with Gasteiger partial charge in [0.15, 0.2) is 0 Å². The number of hydrogen-bond acceptors (Lipinski definition) is 4. The fourth-order valence-electron chi connectivity index (χ4n) is 3.30. The molecule has 2 aromatic rings. The summed E-state index contributed by atoms with van der Waals surface area (Å²) >= 11 is 0. The fraction of sp³-hybridized carbons (Fsp3) is 0.364. The summed E-state index contributed by atoms with van der Waals surface area (Å²) in [6.45, 7) is 5.72. The maximum absolute atomic E-state index is 12.6. The van der Waals surface area contributed by atoms with Gasteiger partial charge in [-0.25, -0.2) is 8.42 Å². The van der Waals surface area contributed by atoms with E-state index in [2.05, 4.69) is 10.0 Å². The number of nitrogens with one attached hydrogen (secondary N) is 2. The second-order valence-corrected chi connectivity index (χ2v) is 9.21. The van der Waals surface area contributed by atoms with Crippen molar-refractivity contribution in [2.75, 3.05) is 24.4 Å². The Labute approximate surface area is 177 Å². The molecule has 1 fully saturated rings. The highest BCUT2D eigenvalue weighted by molar-refractivity contribution is 7.92. The lowest BCUT2D eigenvalue weighted by Crippen LogP contribution is -2.30. The van der Waals surface area contributed by atoms with E-state index in [1.54, 1.807) is 42.5 Å².